The molecule has 0 aliphatic carbocycles. The van der Waals surface area contributed by atoms with Crippen LogP contribution in [0.2, 0.25) is 0 Å². The van der Waals surface area contributed by atoms with E-state index in [2.05, 4.69) is 20.3 Å². The molecular weight excluding hydrogens is 306 g/mol. The van der Waals surface area contributed by atoms with E-state index in [9.17, 15) is 9.59 Å². The molecule has 7 heteroatoms. The lowest BCUT2D eigenvalue weighted by Gasteiger charge is -2.33. The van der Waals surface area contributed by atoms with E-state index in [0.29, 0.717) is 29.4 Å². The quantitative estimate of drug-likeness (QED) is 0.883. The Kier molecular flexibility index (Phi) is 4.59. The zero-order valence-corrected chi connectivity index (χ0v) is 13.9. The van der Waals surface area contributed by atoms with Crippen LogP contribution in [0.25, 0.3) is 0 Å². The van der Waals surface area contributed by atoms with E-state index in [1.54, 1.807) is 25.3 Å². The lowest BCUT2D eigenvalue weighted by Crippen LogP contribution is -2.48. The lowest BCUT2D eigenvalue weighted by molar-refractivity contribution is 0.0932. The number of carbonyl (C=O) groups excluding carboxylic acids is 1. The number of carbonyl (C=O) groups is 1. The van der Waals surface area contributed by atoms with Gasteiger partial charge in [-0.05, 0) is 38.8 Å². The highest BCUT2D eigenvalue weighted by atomic mass is 16.1. The summed E-state index contributed by atoms with van der Waals surface area (Å²) in [5.74, 6) is 0.453. The topological polar surface area (TPSA) is 91.0 Å². The van der Waals surface area contributed by atoms with Crippen LogP contribution in [0, 0.1) is 13.8 Å². The van der Waals surface area contributed by atoms with Gasteiger partial charge in [-0.3, -0.25) is 19.6 Å². The monoisotopic (exact) mass is 327 g/mol. The standard InChI is InChI=1S/C17H21N5O2/c1-11-9-15(23)21-17(19-11)22-8-4-5-13(10-22)20-16(24)14-6-3-7-18-12(14)2/h3,6-7,9,13H,4-5,8,10H2,1-2H3,(H,20,24)(H,19,21,23)/t13-/m0/s1. The Morgan fingerprint density at radius 1 is 1.42 bits per heavy atom. The second-order valence-electron chi connectivity index (χ2n) is 6.11. The minimum Gasteiger partial charge on any atom is -0.347 e. The summed E-state index contributed by atoms with van der Waals surface area (Å²) in [5, 5.41) is 3.06. The highest BCUT2D eigenvalue weighted by Gasteiger charge is 2.24. The normalized spacial score (nSPS) is 17.6. The molecule has 3 heterocycles. The van der Waals surface area contributed by atoms with Gasteiger partial charge in [-0.1, -0.05) is 0 Å². The number of nitrogens with zero attached hydrogens (tertiary/aromatic N) is 3. The number of aromatic nitrogens is 3. The number of hydrogen-bond acceptors (Lipinski definition) is 5. The number of aryl methyl sites for hydroxylation is 2. The van der Waals surface area contributed by atoms with Crippen molar-refractivity contribution in [1.82, 2.24) is 20.3 Å². The zero-order chi connectivity index (χ0) is 17.1. The van der Waals surface area contributed by atoms with E-state index in [4.69, 9.17) is 0 Å². The van der Waals surface area contributed by atoms with Gasteiger partial charge >= 0.3 is 0 Å². The van der Waals surface area contributed by atoms with Crippen LogP contribution >= 0.6 is 0 Å². The SMILES string of the molecule is Cc1cc(=O)[nH]c(N2CCC[C@H](NC(=O)c3cccnc3C)C2)n1. The Balaban J connectivity index is 1.71. The third-order valence-corrected chi connectivity index (χ3v) is 4.16. The molecule has 126 valence electrons. The van der Waals surface area contributed by atoms with Gasteiger partial charge in [0.25, 0.3) is 11.5 Å². The molecule has 2 N–H and O–H groups in total. The maximum absolute atomic E-state index is 12.4. The van der Waals surface area contributed by atoms with Crippen molar-refractivity contribution in [1.29, 1.82) is 0 Å². The average molecular weight is 327 g/mol. The Bertz CT molecular complexity index is 802. The molecule has 7 nitrogen and oxygen atoms in total. The van der Waals surface area contributed by atoms with E-state index in [-0.39, 0.29) is 17.5 Å². The van der Waals surface area contributed by atoms with Crippen molar-refractivity contribution in [2.45, 2.75) is 32.7 Å². The van der Waals surface area contributed by atoms with Gasteiger partial charge in [0, 0.05) is 42.8 Å². The second kappa shape index (κ2) is 6.82. The van der Waals surface area contributed by atoms with Crippen molar-refractivity contribution in [2.24, 2.45) is 0 Å². The van der Waals surface area contributed by atoms with Gasteiger partial charge in [0.2, 0.25) is 5.95 Å². The number of pyridine rings is 1. The summed E-state index contributed by atoms with van der Waals surface area (Å²) in [6, 6.07) is 5.02. The summed E-state index contributed by atoms with van der Waals surface area (Å²) in [6.07, 6.45) is 3.50. The molecule has 1 atom stereocenters. The molecule has 2 aromatic rings. The first-order chi connectivity index (χ1) is 11.5. The third-order valence-electron chi connectivity index (χ3n) is 4.16. The number of anilines is 1. The summed E-state index contributed by atoms with van der Waals surface area (Å²) >= 11 is 0. The van der Waals surface area contributed by atoms with Crippen LogP contribution in [0.15, 0.2) is 29.2 Å². The van der Waals surface area contributed by atoms with Crippen LogP contribution in [0.4, 0.5) is 5.95 Å². The fourth-order valence-electron chi connectivity index (χ4n) is 2.99. The molecule has 0 spiro atoms. The minimum atomic E-state index is -0.158. The molecule has 24 heavy (non-hydrogen) atoms. The molecular formula is C17H21N5O2. The Morgan fingerprint density at radius 3 is 3.00 bits per heavy atom. The highest BCUT2D eigenvalue weighted by Crippen LogP contribution is 2.16. The summed E-state index contributed by atoms with van der Waals surface area (Å²) in [7, 11) is 0. The predicted molar refractivity (Wildman–Crippen MR) is 91.3 cm³/mol. The number of piperidine rings is 1. The summed E-state index contributed by atoms with van der Waals surface area (Å²) in [4.78, 5) is 37.4. The third kappa shape index (κ3) is 3.61. The largest absolute Gasteiger partial charge is 0.347 e. The van der Waals surface area contributed by atoms with E-state index >= 15 is 0 Å². The van der Waals surface area contributed by atoms with Gasteiger partial charge in [0.15, 0.2) is 0 Å². The van der Waals surface area contributed by atoms with Crippen LogP contribution in [0.3, 0.4) is 0 Å². The molecule has 3 rings (SSSR count). The number of aromatic amines is 1. The van der Waals surface area contributed by atoms with Crippen molar-refractivity contribution in [3.63, 3.8) is 0 Å². The molecule has 0 unspecified atom stereocenters. The van der Waals surface area contributed by atoms with Gasteiger partial charge in [-0.25, -0.2) is 4.98 Å². The molecule has 0 radical (unpaired) electrons. The highest BCUT2D eigenvalue weighted by molar-refractivity contribution is 5.95. The Labute approximate surface area is 140 Å². The van der Waals surface area contributed by atoms with Crippen LogP contribution in [0.5, 0.6) is 0 Å². The van der Waals surface area contributed by atoms with Gasteiger partial charge < -0.3 is 10.2 Å². The van der Waals surface area contributed by atoms with Crippen molar-refractivity contribution in [3.05, 3.63) is 51.7 Å². The first kappa shape index (κ1) is 16.2. The van der Waals surface area contributed by atoms with Gasteiger partial charge in [0.1, 0.15) is 0 Å². The maximum Gasteiger partial charge on any atom is 0.253 e. The van der Waals surface area contributed by atoms with E-state index in [1.807, 2.05) is 11.8 Å². The predicted octanol–water partition coefficient (Wildman–Crippen LogP) is 1.18. The van der Waals surface area contributed by atoms with E-state index < -0.39 is 0 Å². The van der Waals surface area contributed by atoms with Crippen LogP contribution in [-0.4, -0.2) is 40.0 Å². The molecule has 1 amide bonds. The molecule has 2 aromatic heterocycles. The van der Waals surface area contributed by atoms with Crippen LogP contribution in [0.1, 0.15) is 34.6 Å². The Morgan fingerprint density at radius 2 is 2.25 bits per heavy atom. The van der Waals surface area contributed by atoms with Gasteiger partial charge in [-0.2, -0.15) is 0 Å². The van der Waals surface area contributed by atoms with E-state index in [0.717, 1.165) is 19.4 Å². The number of rotatable bonds is 3. The smallest absolute Gasteiger partial charge is 0.253 e. The summed E-state index contributed by atoms with van der Waals surface area (Å²) in [5.41, 5.74) is 1.84. The van der Waals surface area contributed by atoms with Crippen LogP contribution in [-0.2, 0) is 0 Å². The molecule has 0 bridgehead atoms. The minimum absolute atomic E-state index is 0.0108. The van der Waals surface area contributed by atoms with Crippen molar-refractivity contribution >= 4 is 11.9 Å². The number of amides is 1. The molecule has 0 aromatic carbocycles. The average Bonchev–Trinajstić information content (AvgIpc) is 2.54. The molecule has 1 saturated heterocycles. The fourth-order valence-corrected chi connectivity index (χ4v) is 2.99. The second-order valence-corrected chi connectivity index (χ2v) is 6.11. The molecule has 1 fully saturated rings. The van der Waals surface area contributed by atoms with Crippen molar-refractivity contribution in [2.75, 3.05) is 18.0 Å². The van der Waals surface area contributed by atoms with Crippen molar-refractivity contribution in [3.8, 4) is 0 Å². The number of nitrogens with one attached hydrogen (secondary N) is 2. The van der Waals surface area contributed by atoms with Gasteiger partial charge in [-0.15, -0.1) is 0 Å². The number of hydrogen-bond donors (Lipinski definition) is 2. The molecule has 1 aliphatic rings. The maximum atomic E-state index is 12.4. The Hall–Kier alpha value is -2.70. The van der Waals surface area contributed by atoms with E-state index in [1.165, 1.54) is 6.07 Å². The first-order valence-electron chi connectivity index (χ1n) is 8.08. The summed E-state index contributed by atoms with van der Waals surface area (Å²) < 4.78 is 0. The molecule has 0 saturated carbocycles. The summed E-state index contributed by atoms with van der Waals surface area (Å²) in [6.45, 7) is 5.05. The first-order valence-corrected chi connectivity index (χ1v) is 8.08. The molecule has 1 aliphatic heterocycles. The van der Waals surface area contributed by atoms with Crippen molar-refractivity contribution < 1.29 is 4.79 Å². The van der Waals surface area contributed by atoms with Gasteiger partial charge in [0.05, 0.1) is 5.56 Å². The fraction of sp³-hybridized carbons (Fsp3) is 0.412. The van der Waals surface area contributed by atoms with Crippen LogP contribution < -0.4 is 15.8 Å². The number of H-pyrrole nitrogens is 1. The zero-order valence-electron chi connectivity index (χ0n) is 13.9. The lowest BCUT2D eigenvalue weighted by atomic mass is 10.1.